The van der Waals surface area contributed by atoms with Crippen LogP contribution in [-0.2, 0) is 10.0 Å². The zero-order valence-electron chi connectivity index (χ0n) is 7.29. The van der Waals surface area contributed by atoms with Crippen LogP contribution in [0.3, 0.4) is 0 Å². The summed E-state index contributed by atoms with van der Waals surface area (Å²) in [5.41, 5.74) is 0.197. The molecule has 11 heavy (non-hydrogen) atoms. The molecule has 0 aromatic rings. The van der Waals surface area contributed by atoms with E-state index in [1.807, 2.05) is 0 Å². The van der Waals surface area contributed by atoms with E-state index in [0.717, 1.165) is 0 Å². The normalized spacial score (nSPS) is 24.6. The molecule has 3 nitrogen and oxygen atoms in total. The quantitative estimate of drug-likeness (QED) is 0.622. The lowest BCUT2D eigenvalue weighted by Crippen LogP contribution is -2.55. The Morgan fingerprint density at radius 1 is 1.36 bits per heavy atom. The Morgan fingerprint density at radius 3 is 2.09 bits per heavy atom. The largest absolute Gasteiger partial charge is 0.213 e. The maximum atomic E-state index is 11.2. The fourth-order valence-corrected chi connectivity index (χ4v) is 2.75. The van der Waals surface area contributed by atoms with Gasteiger partial charge in [-0.25, -0.2) is 12.7 Å². The molecule has 0 atom stereocenters. The Kier molecular flexibility index (Phi) is 2.01. The molecule has 1 saturated heterocycles. The van der Waals surface area contributed by atoms with Gasteiger partial charge in [-0.05, 0) is 12.3 Å². The summed E-state index contributed by atoms with van der Waals surface area (Å²) in [6, 6.07) is 0. The summed E-state index contributed by atoms with van der Waals surface area (Å²) >= 11 is 0. The summed E-state index contributed by atoms with van der Waals surface area (Å²) in [6.45, 7) is 7.20. The average Bonchev–Trinajstić information content (AvgIpc) is 1.83. The molecule has 1 fully saturated rings. The lowest BCUT2D eigenvalue weighted by molar-refractivity contribution is 0.111. The van der Waals surface area contributed by atoms with E-state index < -0.39 is 10.0 Å². The Morgan fingerprint density at radius 2 is 1.82 bits per heavy atom. The minimum atomic E-state index is -2.90. The van der Waals surface area contributed by atoms with Crippen LogP contribution in [-0.4, -0.2) is 31.6 Å². The predicted molar refractivity (Wildman–Crippen MR) is 44.8 cm³/mol. The van der Waals surface area contributed by atoms with Crippen LogP contribution in [0.2, 0.25) is 0 Å². The second kappa shape index (κ2) is 2.45. The van der Waals surface area contributed by atoms with Crippen molar-refractivity contribution in [2.45, 2.75) is 20.8 Å². The molecular formula is C7H15NO2S. The highest BCUT2D eigenvalue weighted by atomic mass is 32.2. The molecule has 0 aromatic heterocycles. The van der Waals surface area contributed by atoms with Crippen LogP contribution < -0.4 is 0 Å². The van der Waals surface area contributed by atoms with Crippen LogP contribution in [0.4, 0.5) is 0 Å². The lowest BCUT2D eigenvalue weighted by atomic mass is 9.87. The van der Waals surface area contributed by atoms with Crippen LogP contribution >= 0.6 is 0 Å². The van der Waals surface area contributed by atoms with E-state index in [-0.39, 0.29) is 11.2 Å². The van der Waals surface area contributed by atoms with E-state index in [1.54, 1.807) is 11.2 Å². The zero-order valence-corrected chi connectivity index (χ0v) is 8.11. The molecule has 0 unspecified atom stereocenters. The maximum absolute atomic E-state index is 11.2. The number of hydrogen-bond donors (Lipinski definition) is 0. The van der Waals surface area contributed by atoms with Crippen LogP contribution in [0.15, 0.2) is 0 Å². The molecule has 1 rings (SSSR count). The molecule has 0 bridgehead atoms. The van der Waals surface area contributed by atoms with Crippen LogP contribution in [0.5, 0.6) is 0 Å². The highest BCUT2D eigenvalue weighted by molar-refractivity contribution is 7.89. The Labute approximate surface area is 68.4 Å². The third-order valence-electron chi connectivity index (χ3n) is 1.97. The van der Waals surface area contributed by atoms with Crippen molar-refractivity contribution in [3.8, 4) is 0 Å². The molecule has 1 aliphatic heterocycles. The molecule has 0 radical (unpaired) electrons. The number of hydrogen-bond acceptors (Lipinski definition) is 2. The first-order chi connectivity index (χ1) is 4.87. The van der Waals surface area contributed by atoms with Crippen molar-refractivity contribution in [2.75, 3.05) is 18.8 Å². The molecule has 66 valence electrons. The second-order valence-corrected chi connectivity index (χ2v) is 6.09. The van der Waals surface area contributed by atoms with Gasteiger partial charge in [0.05, 0.1) is 5.75 Å². The molecule has 1 aliphatic rings. The van der Waals surface area contributed by atoms with Gasteiger partial charge in [0.1, 0.15) is 0 Å². The Bertz CT molecular complexity index is 235. The van der Waals surface area contributed by atoms with Gasteiger partial charge in [0, 0.05) is 13.1 Å². The van der Waals surface area contributed by atoms with Gasteiger partial charge in [-0.1, -0.05) is 13.8 Å². The lowest BCUT2D eigenvalue weighted by Gasteiger charge is -2.44. The van der Waals surface area contributed by atoms with Gasteiger partial charge < -0.3 is 0 Å². The highest BCUT2D eigenvalue weighted by Gasteiger charge is 2.40. The van der Waals surface area contributed by atoms with Gasteiger partial charge >= 0.3 is 0 Å². The van der Waals surface area contributed by atoms with E-state index in [2.05, 4.69) is 13.8 Å². The fraction of sp³-hybridized carbons (Fsp3) is 1.00. The average molecular weight is 177 g/mol. The monoisotopic (exact) mass is 177 g/mol. The molecule has 0 aliphatic carbocycles. The SMILES string of the molecule is CCS(=O)(=O)N1CC(C)(C)C1. The van der Waals surface area contributed by atoms with Crippen molar-refractivity contribution in [1.29, 1.82) is 0 Å². The first-order valence-electron chi connectivity index (χ1n) is 3.85. The van der Waals surface area contributed by atoms with Crippen molar-refractivity contribution in [1.82, 2.24) is 4.31 Å². The van der Waals surface area contributed by atoms with Crippen molar-refractivity contribution >= 4 is 10.0 Å². The van der Waals surface area contributed by atoms with Gasteiger partial charge in [0.15, 0.2) is 0 Å². The summed E-state index contributed by atoms with van der Waals surface area (Å²) in [7, 11) is -2.90. The molecule has 0 aromatic carbocycles. The molecular weight excluding hydrogens is 162 g/mol. The maximum Gasteiger partial charge on any atom is 0.213 e. The first-order valence-corrected chi connectivity index (χ1v) is 5.46. The van der Waals surface area contributed by atoms with E-state index in [9.17, 15) is 8.42 Å². The summed E-state index contributed by atoms with van der Waals surface area (Å²) in [5, 5.41) is 0. The van der Waals surface area contributed by atoms with Crippen molar-refractivity contribution in [3.05, 3.63) is 0 Å². The van der Waals surface area contributed by atoms with Crippen LogP contribution in [0, 0.1) is 5.41 Å². The topological polar surface area (TPSA) is 37.4 Å². The van der Waals surface area contributed by atoms with Crippen molar-refractivity contribution in [3.63, 3.8) is 0 Å². The molecule has 0 amide bonds. The Balaban J connectivity index is 2.58. The van der Waals surface area contributed by atoms with E-state index in [1.165, 1.54) is 0 Å². The minimum absolute atomic E-state index is 0.197. The predicted octanol–water partition coefficient (Wildman–Crippen LogP) is 0.678. The van der Waals surface area contributed by atoms with Gasteiger partial charge in [0.2, 0.25) is 10.0 Å². The second-order valence-electron chi connectivity index (χ2n) is 3.83. The van der Waals surface area contributed by atoms with E-state index >= 15 is 0 Å². The summed E-state index contributed by atoms with van der Waals surface area (Å²) in [5.74, 6) is 0.225. The molecule has 0 N–H and O–H groups in total. The Hall–Kier alpha value is -0.0900. The number of rotatable bonds is 2. The van der Waals surface area contributed by atoms with E-state index in [4.69, 9.17) is 0 Å². The number of nitrogens with zero attached hydrogens (tertiary/aromatic N) is 1. The molecule has 0 saturated carbocycles. The zero-order chi connectivity index (χ0) is 8.70. The molecule has 4 heteroatoms. The standard InChI is InChI=1S/C7H15NO2S/c1-4-11(9,10)8-5-7(2,3)6-8/h4-6H2,1-3H3. The molecule has 1 heterocycles. The van der Waals surface area contributed by atoms with Gasteiger partial charge in [0.25, 0.3) is 0 Å². The van der Waals surface area contributed by atoms with E-state index in [0.29, 0.717) is 13.1 Å². The van der Waals surface area contributed by atoms with Crippen LogP contribution in [0.25, 0.3) is 0 Å². The van der Waals surface area contributed by atoms with Gasteiger partial charge in [-0.15, -0.1) is 0 Å². The summed E-state index contributed by atoms with van der Waals surface area (Å²) < 4.78 is 23.9. The van der Waals surface area contributed by atoms with Crippen molar-refractivity contribution < 1.29 is 8.42 Å². The molecule has 0 spiro atoms. The van der Waals surface area contributed by atoms with Gasteiger partial charge in [-0.2, -0.15) is 0 Å². The summed E-state index contributed by atoms with van der Waals surface area (Å²) in [4.78, 5) is 0. The first kappa shape index (κ1) is 9.00. The fourth-order valence-electron chi connectivity index (χ4n) is 1.29. The minimum Gasteiger partial charge on any atom is -0.212 e. The number of sulfonamides is 1. The third kappa shape index (κ3) is 1.73. The third-order valence-corrected chi connectivity index (χ3v) is 3.74. The summed E-state index contributed by atoms with van der Waals surface area (Å²) in [6.07, 6.45) is 0. The highest BCUT2D eigenvalue weighted by Crippen LogP contribution is 2.30. The van der Waals surface area contributed by atoms with Gasteiger partial charge in [-0.3, -0.25) is 0 Å². The van der Waals surface area contributed by atoms with Crippen molar-refractivity contribution in [2.24, 2.45) is 5.41 Å². The smallest absolute Gasteiger partial charge is 0.212 e. The van der Waals surface area contributed by atoms with Crippen LogP contribution in [0.1, 0.15) is 20.8 Å².